The van der Waals surface area contributed by atoms with Crippen molar-refractivity contribution in [2.24, 2.45) is 0 Å². The second-order valence-electron chi connectivity index (χ2n) is 4.70. The van der Waals surface area contributed by atoms with Gasteiger partial charge in [0.25, 0.3) is 0 Å². The largest absolute Gasteiger partial charge is 0.395 e. The van der Waals surface area contributed by atoms with E-state index in [9.17, 15) is 0 Å². The van der Waals surface area contributed by atoms with Crippen LogP contribution in [0.4, 0.5) is 0 Å². The fraction of sp³-hybridized carbons (Fsp3) is 0.294. The highest BCUT2D eigenvalue weighted by atomic mass is 32.1. The van der Waals surface area contributed by atoms with Crippen LogP contribution < -0.4 is 0 Å². The van der Waals surface area contributed by atoms with Crippen LogP contribution in [-0.2, 0) is 13.1 Å². The van der Waals surface area contributed by atoms with Gasteiger partial charge in [0.2, 0.25) is 0 Å². The van der Waals surface area contributed by atoms with Gasteiger partial charge in [-0.15, -0.1) is 11.3 Å². The van der Waals surface area contributed by atoms with E-state index in [-0.39, 0.29) is 6.61 Å². The molecule has 2 nitrogen and oxygen atoms in total. The van der Waals surface area contributed by atoms with Crippen molar-refractivity contribution in [2.75, 3.05) is 13.7 Å². The molecule has 0 aliphatic carbocycles. The average molecular weight is 285 g/mol. The summed E-state index contributed by atoms with van der Waals surface area (Å²) in [5.74, 6) is 6.03. The van der Waals surface area contributed by atoms with E-state index in [0.29, 0.717) is 6.42 Å². The van der Waals surface area contributed by atoms with Gasteiger partial charge in [-0.3, -0.25) is 4.90 Å². The van der Waals surface area contributed by atoms with Crippen molar-refractivity contribution in [1.29, 1.82) is 0 Å². The molecule has 0 spiro atoms. The van der Waals surface area contributed by atoms with Crippen molar-refractivity contribution in [3.63, 3.8) is 0 Å². The molecule has 20 heavy (non-hydrogen) atoms. The molecule has 0 saturated heterocycles. The molecule has 2 aromatic rings. The highest BCUT2D eigenvalue weighted by Gasteiger charge is 2.04. The first-order chi connectivity index (χ1) is 9.78. The third kappa shape index (κ3) is 4.82. The van der Waals surface area contributed by atoms with Gasteiger partial charge in [-0.1, -0.05) is 42.2 Å². The molecule has 104 valence electrons. The SMILES string of the molecule is CN(Cc1ccccc1)Cc1ccc(C#CCCO)s1. The maximum atomic E-state index is 8.70. The van der Waals surface area contributed by atoms with E-state index in [0.717, 1.165) is 18.0 Å². The number of thiophene rings is 1. The summed E-state index contributed by atoms with van der Waals surface area (Å²) in [6.07, 6.45) is 0.543. The standard InChI is InChI=1S/C17H19NOS/c1-18(13-15-7-3-2-4-8-15)14-17-11-10-16(20-17)9-5-6-12-19/h2-4,7-8,10-11,19H,6,12-14H2,1H3. The summed E-state index contributed by atoms with van der Waals surface area (Å²) in [7, 11) is 2.13. The Bertz CT molecular complexity index is 580. The van der Waals surface area contributed by atoms with Crippen LogP contribution in [0.25, 0.3) is 0 Å². The predicted octanol–water partition coefficient (Wildman–Crippen LogP) is 3.11. The zero-order valence-corrected chi connectivity index (χ0v) is 12.5. The lowest BCUT2D eigenvalue weighted by Gasteiger charge is -2.15. The van der Waals surface area contributed by atoms with Gasteiger partial charge in [0.1, 0.15) is 0 Å². The van der Waals surface area contributed by atoms with Gasteiger partial charge in [-0.2, -0.15) is 0 Å². The minimum Gasteiger partial charge on any atom is -0.395 e. The molecule has 0 radical (unpaired) electrons. The Morgan fingerprint density at radius 2 is 1.90 bits per heavy atom. The fourth-order valence-electron chi connectivity index (χ4n) is 1.95. The monoisotopic (exact) mass is 285 g/mol. The number of aliphatic hydroxyl groups is 1. The quantitative estimate of drug-likeness (QED) is 0.853. The number of hydrogen-bond donors (Lipinski definition) is 1. The van der Waals surface area contributed by atoms with Crippen molar-refractivity contribution in [3.05, 3.63) is 57.8 Å². The minimum absolute atomic E-state index is 0.130. The van der Waals surface area contributed by atoms with Crippen LogP contribution in [0.3, 0.4) is 0 Å². The van der Waals surface area contributed by atoms with Gasteiger partial charge in [0.05, 0.1) is 11.5 Å². The number of benzene rings is 1. The van der Waals surface area contributed by atoms with Gasteiger partial charge in [0.15, 0.2) is 0 Å². The van der Waals surface area contributed by atoms with Crippen molar-refractivity contribution >= 4 is 11.3 Å². The minimum atomic E-state index is 0.130. The lowest BCUT2D eigenvalue weighted by Crippen LogP contribution is -2.16. The van der Waals surface area contributed by atoms with Gasteiger partial charge in [-0.25, -0.2) is 0 Å². The summed E-state index contributed by atoms with van der Waals surface area (Å²) in [6.45, 7) is 2.01. The first kappa shape index (κ1) is 14.8. The summed E-state index contributed by atoms with van der Waals surface area (Å²) >= 11 is 1.73. The Balaban J connectivity index is 1.89. The fourth-order valence-corrected chi connectivity index (χ4v) is 2.92. The van der Waals surface area contributed by atoms with E-state index in [2.05, 4.69) is 60.2 Å². The summed E-state index contributed by atoms with van der Waals surface area (Å²) in [4.78, 5) is 4.69. The van der Waals surface area contributed by atoms with E-state index in [1.54, 1.807) is 11.3 Å². The molecule has 2 rings (SSSR count). The van der Waals surface area contributed by atoms with E-state index in [1.165, 1.54) is 10.4 Å². The molecule has 3 heteroatoms. The van der Waals surface area contributed by atoms with Gasteiger partial charge < -0.3 is 5.11 Å². The maximum absolute atomic E-state index is 8.70. The second kappa shape index (κ2) is 7.86. The molecule has 0 aliphatic heterocycles. The molecule has 0 amide bonds. The third-order valence-electron chi connectivity index (χ3n) is 2.83. The number of aliphatic hydroxyl groups excluding tert-OH is 1. The predicted molar refractivity (Wildman–Crippen MR) is 84.5 cm³/mol. The topological polar surface area (TPSA) is 23.5 Å². The van der Waals surface area contributed by atoms with Gasteiger partial charge >= 0.3 is 0 Å². The average Bonchev–Trinajstić information content (AvgIpc) is 2.87. The second-order valence-corrected chi connectivity index (χ2v) is 5.87. The lowest BCUT2D eigenvalue weighted by molar-refractivity contribution is 0.305. The van der Waals surface area contributed by atoms with Crippen molar-refractivity contribution in [3.8, 4) is 11.8 Å². The van der Waals surface area contributed by atoms with Crippen LogP contribution in [0.15, 0.2) is 42.5 Å². The van der Waals surface area contributed by atoms with Crippen molar-refractivity contribution in [2.45, 2.75) is 19.5 Å². The zero-order valence-electron chi connectivity index (χ0n) is 11.7. The van der Waals surface area contributed by atoms with E-state index < -0.39 is 0 Å². The first-order valence-corrected chi connectivity index (χ1v) is 7.50. The molecule has 0 atom stereocenters. The molecule has 0 saturated carbocycles. The van der Waals surface area contributed by atoms with Crippen LogP contribution in [0.5, 0.6) is 0 Å². The number of rotatable bonds is 5. The molecule has 1 aromatic carbocycles. The van der Waals surface area contributed by atoms with Gasteiger partial charge in [-0.05, 0) is 24.7 Å². The number of nitrogens with zero attached hydrogens (tertiary/aromatic N) is 1. The van der Waals surface area contributed by atoms with Crippen molar-refractivity contribution in [1.82, 2.24) is 4.90 Å². The molecule has 1 heterocycles. The van der Waals surface area contributed by atoms with Crippen molar-refractivity contribution < 1.29 is 5.11 Å². The molecular formula is C17H19NOS. The maximum Gasteiger partial charge on any atom is 0.0771 e. The summed E-state index contributed by atoms with van der Waals surface area (Å²) < 4.78 is 0. The summed E-state index contributed by atoms with van der Waals surface area (Å²) in [5.41, 5.74) is 1.33. The van der Waals surface area contributed by atoms with E-state index >= 15 is 0 Å². The Kier molecular flexibility index (Phi) is 5.82. The number of hydrogen-bond acceptors (Lipinski definition) is 3. The molecular weight excluding hydrogens is 266 g/mol. The normalized spacial score (nSPS) is 10.3. The molecule has 0 aliphatic rings. The van der Waals surface area contributed by atoms with E-state index in [4.69, 9.17) is 5.11 Å². The van der Waals surface area contributed by atoms with Crippen LogP contribution in [0.2, 0.25) is 0 Å². The summed E-state index contributed by atoms with van der Waals surface area (Å²) in [6, 6.07) is 14.7. The highest BCUT2D eigenvalue weighted by Crippen LogP contribution is 2.18. The summed E-state index contributed by atoms with van der Waals surface area (Å²) in [5, 5.41) is 8.70. The Hall–Kier alpha value is -1.60. The first-order valence-electron chi connectivity index (χ1n) is 6.69. The van der Waals surface area contributed by atoms with Gasteiger partial charge in [0, 0.05) is 24.4 Å². The smallest absolute Gasteiger partial charge is 0.0771 e. The lowest BCUT2D eigenvalue weighted by atomic mass is 10.2. The van der Waals surface area contributed by atoms with Crippen LogP contribution in [0, 0.1) is 11.8 Å². The molecule has 0 unspecified atom stereocenters. The van der Waals surface area contributed by atoms with Crippen LogP contribution in [-0.4, -0.2) is 23.7 Å². The van der Waals surface area contributed by atoms with E-state index in [1.807, 2.05) is 6.07 Å². The molecule has 0 fully saturated rings. The molecule has 1 aromatic heterocycles. The zero-order chi connectivity index (χ0) is 14.2. The Morgan fingerprint density at radius 1 is 1.10 bits per heavy atom. The third-order valence-corrected chi connectivity index (χ3v) is 3.82. The Morgan fingerprint density at radius 3 is 2.65 bits per heavy atom. The molecule has 1 N–H and O–H groups in total. The van der Waals surface area contributed by atoms with Crippen LogP contribution >= 0.6 is 11.3 Å². The molecule has 0 bridgehead atoms. The Labute approximate surface area is 124 Å². The van der Waals surface area contributed by atoms with Crippen LogP contribution in [0.1, 0.15) is 21.7 Å². The highest BCUT2D eigenvalue weighted by molar-refractivity contribution is 7.12.